The molecule has 2 amide bonds. The second-order valence-electron chi connectivity index (χ2n) is 6.16. The Hall–Kier alpha value is -2.63. The molecule has 126 valence electrons. The minimum atomic E-state index is -0.997. The average Bonchev–Trinajstić information content (AvgIpc) is 3.32. The zero-order valence-electron chi connectivity index (χ0n) is 13.4. The third kappa shape index (κ3) is 3.82. The average molecular weight is 328 g/mol. The Labute approximate surface area is 140 Å². The van der Waals surface area contributed by atoms with Crippen molar-refractivity contribution in [2.75, 3.05) is 18.0 Å². The number of aliphatic carboxylic acids is 1. The van der Waals surface area contributed by atoms with E-state index >= 15 is 0 Å². The molecule has 1 aliphatic carbocycles. The van der Waals surface area contributed by atoms with E-state index in [0.29, 0.717) is 6.42 Å². The first-order chi connectivity index (χ1) is 11.5. The Morgan fingerprint density at radius 1 is 1.25 bits per heavy atom. The van der Waals surface area contributed by atoms with Gasteiger partial charge in [-0.15, -0.1) is 0 Å². The van der Waals surface area contributed by atoms with Crippen LogP contribution < -0.4 is 4.90 Å². The smallest absolute Gasteiger partial charge is 0.323 e. The van der Waals surface area contributed by atoms with Crippen LogP contribution in [-0.2, 0) is 14.4 Å². The van der Waals surface area contributed by atoms with Crippen LogP contribution in [-0.4, -0.2) is 46.9 Å². The van der Waals surface area contributed by atoms with E-state index < -0.39 is 5.97 Å². The SMILES string of the molecule is O=C(O)CN(C(=O)C=Cc1ccc(N2CCCC2=O)cc1)C1CC1. The number of carboxylic acids is 1. The Bertz CT molecular complexity index is 677. The number of hydrogen-bond acceptors (Lipinski definition) is 3. The molecule has 0 radical (unpaired) electrons. The summed E-state index contributed by atoms with van der Waals surface area (Å²) in [5.74, 6) is -1.14. The summed E-state index contributed by atoms with van der Waals surface area (Å²) in [6, 6.07) is 7.49. The molecule has 0 spiro atoms. The molecule has 0 unspecified atom stereocenters. The van der Waals surface area contributed by atoms with Gasteiger partial charge in [0.25, 0.3) is 0 Å². The summed E-state index contributed by atoms with van der Waals surface area (Å²) < 4.78 is 0. The quantitative estimate of drug-likeness (QED) is 0.809. The van der Waals surface area contributed by atoms with Crippen molar-refractivity contribution in [3.05, 3.63) is 35.9 Å². The van der Waals surface area contributed by atoms with E-state index in [4.69, 9.17) is 5.11 Å². The lowest BCUT2D eigenvalue weighted by molar-refractivity contribution is -0.143. The summed E-state index contributed by atoms with van der Waals surface area (Å²) in [5, 5.41) is 8.90. The van der Waals surface area contributed by atoms with Gasteiger partial charge in [-0.1, -0.05) is 12.1 Å². The molecule has 0 aromatic heterocycles. The Kier molecular flexibility index (Phi) is 4.64. The van der Waals surface area contributed by atoms with Gasteiger partial charge < -0.3 is 14.9 Å². The highest BCUT2D eigenvalue weighted by atomic mass is 16.4. The van der Waals surface area contributed by atoms with E-state index in [2.05, 4.69) is 0 Å². The van der Waals surface area contributed by atoms with Gasteiger partial charge in [0.05, 0.1) is 0 Å². The molecule has 3 rings (SSSR count). The molecule has 2 aliphatic rings. The summed E-state index contributed by atoms with van der Waals surface area (Å²) in [5.41, 5.74) is 1.70. The van der Waals surface area contributed by atoms with Gasteiger partial charge in [-0.25, -0.2) is 0 Å². The molecule has 1 N–H and O–H groups in total. The molecule has 1 saturated heterocycles. The van der Waals surface area contributed by atoms with E-state index in [9.17, 15) is 14.4 Å². The van der Waals surface area contributed by atoms with E-state index in [1.54, 1.807) is 11.0 Å². The predicted molar refractivity (Wildman–Crippen MR) is 89.4 cm³/mol. The van der Waals surface area contributed by atoms with Gasteiger partial charge in [-0.3, -0.25) is 14.4 Å². The number of carbonyl (C=O) groups excluding carboxylic acids is 2. The maximum Gasteiger partial charge on any atom is 0.323 e. The van der Waals surface area contributed by atoms with Gasteiger partial charge in [0.15, 0.2) is 0 Å². The largest absolute Gasteiger partial charge is 0.480 e. The second kappa shape index (κ2) is 6.86. The van der Waals surface area contributed by atoms with Crippen molar-refractivity contribution in [3.8, 4) is 0 Å². The highest BCUT2D eigenvalue weighted by molar-refractivity contribution is 5.96. The van der Waals surface area contributed by atoms with Crippen LogP contribution in [0.25, 0.3) is 6.08 Å². The molecule has 1 heterocycles. The fraction of sp³-hybridized carbons (Fsp3) is 0.389. The second-order valence-corrected chi connectivity index (χ2v) is 6.16. The molecule has 6 heteroatoms. The number of benzene rings is 1. The number of nitrogens with zero attached hydrogens (tertiary/aromatic N) is 2. The molecule has 24 heavy (non-hydrogen) atoms. The summed E-state index contributed by atoms with van der Waals surface area (Å²) in [7, 11) is 0. The lowest BCUT2D eigenvalue weighted by Crippen LogP contribution is -2.36. The van der Waals surface area contributed by atoms with Gasteiger partial charge >= 0.3 is 5.97 Å². The lowest BCUT2D eigenvalue weighted by Gasteiger charge is -2.18. The third-order valence-electron chi connectivity index (χ3n) is 4.27. The molecule has 1 aromatic carbocycles. The lowest BCUT2D eigenvalue weighted by atomic mass is 10.2. The van der Waals surface area contributed by atoms with Gasteiger partial charge in [0.2, 0.25) is 11.8 Å². The summed E-state index contributed by atoms with van der Waals surface area (Å²) in [6.45, 7) is 0.488. The molecular weight excluding hydrogens is 308 g/mol. The predicted octanol–water partition coefficient (Wildman–Crippen LogP) is 1.90. The van der Waals surface area contributed by atoms with Crippen LogP contribution in [0.15, 0.2) is 30.3 Å². The molecule has 6 nitrogen and oxygen atoms in total. The summed E-state index contributed by atoms with van der Waals surface area (Å²) >= 11 is 0. The van der Waals surface area contributed by atoms with Crippen LogP contribution in [0.5, 0.6) is 0 Å². The van der Waals surface area contributed by atoms with E-state index in [-0.39, 0.29) is 24.4 Å². The maximum absolute atomic E-state index is 12.2. The molecular formula is C18H20N2O4. The van der Waals surface area contributed by atoms with Crippen LogP contribution in [0.4, 0.5) is 5.69 Å². The topological polar surface area (TPSA) is 77.9 Å². The summed E-state index contributed by atoms with van der Waals surface area (Å²) in [4.78, 5) is 37.9. The number of rotatable bonds is 6. The van der Waals surface area contributed by atoms with Gasteiger partial charge in [-0.2, -0.15) is 0 Å². The molecule has 1 saturated carbocycles. The van der Waals surface area contributed by atoms with Crippen LogP contribution in [0.3, 0.4) is 0 Å². The highest BCUT2D eigenvalue weighted by Gasteiger charge is 2.32. The van der Waals surface area contributed by atoms with Crippen LogP contribution >= 0.6 is 0 Å². The standard InChI is InChI=1S/C18H20N2O4/c21-16-2-1-11-19(16)14-6-3-13(4-7-14)5-10-17(22)20(12-18(23)24)15-8-9-15/h3-7,10,15H,1-2,8-9,11-12H2,(H,23,24). The molecule has 1 aliphatic heterocycles. The Morgan fingerprint density at radius 3 is 2.50 bits per heavy atom. The van der Waals surface area contributed by atoms with Crippen molar-refractivity contribution in [2.24, 2.45) is 0 Å². The van der Waals surface area contributed by atoms with E-state index in [1.807, 2.05) is 24.3 Å². The molecule has 1 aromatic rings. The first-order valence-corrected chi connectivity index (χ1v) is 8.15. The normalized spacial score (nSPS) is 17.5. The number of carbonyl (C=O) groups is 3. The van der Waals surface area contributed by atoms with Crippen molar-refractivity contribution >= 4 is 29.5 Å². The van der Waals surface area contributed by atoms with Crippen molar-refractivity contribution in [3.63, 3.8) is 0 Å². The van der Waals surface area contributed by atoms with E-state index in [1.165, 1.54) is 11.0 Å². The van der Waals surface area contributed by atoms with Gasteiger partial charge in [0.1, 0.15) is 6.54 Å². The van der Waals surface area contributed by atoms with Gasteiger partial charge in [-0.05, 0) is 43.0 Å². The minimum absolute atomic E-state index is 0.0572. The van der Waals surface area contributed by atoms with Crippen LogP contribution in [0.2, 0.25) is 0 Å². The minimum Gasteiger partial charge on any atom is -0.480 e. The zero-order chi connectivity index (χ0) is 17.1. The van der Waals surface area contributed by atoms with Crippen molar-refractivity contribution in [2.45, 2.75) is 31.7 Å². The molecule has 0 atom stereocenters. The Morgan fingerprint density at radius 2 is 1.96 bits per heavy atom. The van der Waals surface area contributed by atoms with E-state index in [0.717, 1.165) is 37.1 Å². The highest BCUT2D eigenvalue weighted by Crippen LogP contribution is 2.27. The number of hydrogen-bond donors (Lipinski definition) is 1. The first-order valence-electron chi connectivity index (χ1n) is 8.15. The third-order valence-corrected chi connectivity index (χ3v) is 4.27. The number of amides is 2. The monoisotopic (exact) mass is 328 g/mol. The maximum atomic E-state index is 12.2. The zero-order valence-corrected chi connectivity index (χ0v) is 13.4. The number of carboxylic acid groups (broad SMARTS) is 1. The fourth-order valence-corrected chi connectivity index (χ4v) is 2.87. The van der Waals surface area contributed by atoms with Crippen LogP contribution in [0.1, 0.15) is 31.2 Å². The van der Waals surface area contributed by atoms with Gasteiger partial charge in [0, 0.05) is 30.8 Å². The van der Waals surface area contributed by atoms with Crippen molar-refractivity contribution in [1.82, 2.24) is 4.90 Å². The molecule has 0 bridgehead atoms. The van der Waals surface area contributed by atoms with Crippen molar-refractivity contribution < 1.29 is 19.5 Å². The fourth-order valence-electron chi connectivity index (χ4n) is 2.87. The van der Waals surface area contributed by atoms with Crippen molar-refractivity contribution in [1.29, 1.82) is 0 Å². The summed E-state index contributed by atoms with van der Waals surface area (Å²) in [6.07, 6.45) is 6.30. The molecule has 2 fully saturated rings. The first kappa shape index (κ1) is 16.2. The van der Waals surface area contributed by atoms with Crippen LogP contribution in [0, 0.1) is 0 Å². The Balaban J connectivity index is 1.64. The number of anilines is 1.